The Bertz CT molecular complexity index is 2320. The second-order valence-corrected chi connectivity index (χ2v) is 15.2. The number of nitrogens with zero attached hydrogens (tertiary/aromatic N) is 3. The largest absolute Gasteiger partial charge is 0.481 e. The second kappa shape index (κ2) is 14.7. The average molecular weight is 788 g/mol. The molecule has 55 heavy (non-hydrogen) atoms. The first-order valence-electron chi connectivity index (χ1n) is 17.5. The number of carbonyl (C=O) groups is 3. The van der Waals surface area contributed by atoms with Gasteiger partial charge in [-0.3, -0.25) is 14.4 Å². The number of halogens is 4. The molecule has 2 saturated heterocycles. The predicted octanol–water partition coefficient (Wildman–Crippen LogP) is 8.21. The number of benzene rings is 3. The summed E-state index contributed by atoms with van der Waals surface area (Å²) >= 11 is 7.08. The van der Waals surface area contributed by atoms with Gasteiger partial charge in [0.05, 0.1) is 33.9 Å². The number of hydrogen-bond acceptors (Lipinski definition) is 8. The van der Waals surface area contributed by atoms with Crippen LogP contribution in [0.15, 0.2) is 72.8 Å². The molecule has 2 aromatic heterocycles. The fourth-order valence-electron chi connectivity index (χ4n) is 7.32. The monoisotopic (exact) mass is 787 g/mol. The van der Waals surface area contributed by atoms with E-state index in [0.717, 1.165) is 62.1 Å². The number of nitrogens with one attached hydrogen (secondary N) is 2. The van der Waals surface area contributed by atoms with Crippen molar-refractivity contribution in [2.45, 2.75) is 19.3 Å². The summed E-state index contributed by atoms with van der Waals surface area (Å²) in [6.45, 7) is 3.16. The number of carbonyl (C=O) groups excluding carboxylic acids is 3. The molecule has 0 radical (unpaired) electrons. The number of methoxy groups -OCH3 is 1. The lowest BCUT2D eigenvalue weighted by atomic mass is 9.73. The fourth-order valence-corrected chi connectivity index (χ4v) is 8.70. The highest BCUT2D eigenvalue weighted by atomic mass is 35.5. The normalized spacial score (nSPS) is 15.7. The van der Waals surface area contributed by atoms with Crippen molar-refractivity contribution in [3.8, 4) is 16.3 Å². The predicted molar refractivity (Wildman–Crippen MR) is 204 cm³/mol. The average Bonchev–Trinajstić information content (AvgIpc) is 3.53. The third-order valence-corrected chi connectivity index (χ3v) is 11.7. The van der Waals surface area contributed by atoms with Crippen molar-refractivity contribution in [3.05, 3.63) is 117 Å². The molecule has 0 saturated carbocycles. The summed E-state index contributed by atoms with van der Waals surface area (Å²) in [6, 6.07) is 17.0. The zero-order chi connectivity index (χ0) is 38.4. The van der Waals surface area contributed by atoms with E-state index in [-0.39, 0.29) is 39.4 Å². The SMILES string of the molecule is COc1ccc(C(=O)Nc2ccc(C(=O)N3CCc4cc(C(=O)Nc5c(F)cc(F)cc5Cl)sc4-c4ccc(F)cc43)cc2)c(N2CC3(CCOCC3)C2)n1. The third kappa shape index (κ3) is 7.12. The van der Waals surface area contributed by atoms with Crippen LogP contribution in [0.1, 0.15) is 48.8 Å². The molecule has 0 atom stereocenters. The van der Waals surface area contributed by atoms with E-state index >= 15 is 0 Å². The molecule has 3 aliphatic heterocycles. The van der Waals surface area contributed by atoms with Crippen LogP contribution in [0.3, 0.4) is 0 Å². The maximum Gasteiger partial charge on any atom is 0.265 e. The molecule has 0 unspecified atom stereocenters. The fraction of sp³-hybridized carbons (Fsp3) is 0.250. The lowest BCUT2D eigenvalue weighted by Gasteiger charge is -2.53. The molecule has 282 valence electrons. The molecule has 15 heteroatoms. The first kappa shape index (κ1) is 36.5. The van der Waals surface area contributed by atoms with Crippen molar-refractivity contribution >= 4 is 63.5 Å². The van der Waals surface area contributed by atoms with Gasteiger partial charge in [-0.1, -0.05) is 11.6 Å². The lowest BCUT2D eigenvalue weighted by Crippen LogP contribution is -2.59. The molecule has 10 nitrogen and oxygen atoms in total. The molecule has 3 aliphatic rings. The van der Waals surface area contributed by atoms with Crippen LogP contribution in [0.5, 0.6) is 5.88 Å². The van der Waals surface area contributed by atoms with Gasteiger partial charge in [0, 0.05) is 72.1 Å². The highest BCUT2D eigenvalue weighted by Crippen LogP contribution is 2.44. The molecule has 3 amide bonds. The Morgan fingerprint density at radius 1 is 0.909 bits per heavy atom. The standard InChI is InChI=1S/C40H33ClF3N5O5S/c1-53-33-9-8-28(36(46-33)48-20-40(21-48)11-14-54-15-12-40)37(50)45-26-5-2-22(3-6-26)39(52)49-13-10-23-16-32(55-35(23)27-7-4-24(42)19-31(27)49)38(51)47-34-29(41)17-25(43)18-30(34)44/h2-9,16-19H,10-15,20-21H2,1H3,(H,45,50)(H,47,51). The molecule has 2 N–H and O–H groups in total. The number of pyridine rings is 1. The number of ether oxygens (including phenoxy) is 2. The van der Waals surface area contributed by atoms with Crippen molar-refractivity contribution in [1.29, 1.82) is 0 Å². The molecular formula is C40H33ClF3N5O5S. The summed E-state index contributed by atoms with van der Waals surface area (Å²) < 4.78 is 53.6. The minimum atomic E-state index is -1.02. The Balaban J connectivity index is 0.991. The van der Waals surface area contributed by atoms with E-state index in [1.165, 1.54) is 24.1 Å². The molecule has 5 aromatic rings. The van der Waals surface area contributed by atoms with Gasteiger partial charge in [0.25, 0.3) is 17.7 Å². The summed E-state index contributed by atoms with van der Waals surface area (Å²) in [6.07, 6.45) is 2.25. The Labute approximate surface area is 322 Å². The Kier molecular flexibility index (Phi) is 9.74. The smallest absolute Gasteiger partial charge is 0.265 e. The number of anilines is 4. The minimum Gasteiger partial charge on any atom is -0.481 e. The molecule has 0 aliphatic carbocycles. The molecule has 2 fully saturated rings. The van der Waals surface area contributed by atoms with Crippen molar-refractivity contribution in [1.82, 2.24) is 4.98 Å². The van der Waals surface area contributed by atoms with E-state index in [1.807, 2.05) is 0 Å². The van der Waals surface area contributed by atoms with Gasteiger partial charge in [-0.05, 0) is 85.5 Å². The Morgan fingerprint density at radius 2 is 1.67 bits per heavy atom. The van der Waals surface area contributed by atoms with Crippen LogP contribution in [0.4, 0.5) is 36.1 Å². The van der Waals surface area contributed by atoms with E-state index in [9.17, 15) is 27.6 Å². The number of thiophene rings is 1. The molecule has 8 rings (SSSR count). The Hall–Kier alpha value is -5.44. The summed E-state index contributed by atoms with van der Waals surface area (Å²) in [4.78, 5) is 49.8. The first-order valence-corrected chi connectivity index (χ1v) is 18.7. The molecule has 0 bridgehead atoms. The van der Waals surface area contributed by atoms with Gasteiger partial charge in [-0.25, -0.2) is 13.2 Å². The van der Waals surface area contributed by atoms with Crippen LogP contribution in [0.2, 0.25) is 5.02 Å². The minimum absolute atomic E-state index is 0.160. The van der Waals surface area contributed by atoms with Gasteiger partial charge >= 0.3 is 0 Å². The van der Waals surface area contributed by atoms with Gasteiger partial charge < -0.3 is 29.9 Å². The summed E-state index contributed by atoms with van der Waals surface area (Å²) in [5, 5.41) is 5.05. The van der Waals surface area contributed by atoms with Gasteiger partial charge in [0.15, 0.2) is 5.82 Å². The van der Waals surface area contributed by atoms with E-state index in [4.69, 9.17) is 21.1 Å². The zero-order valence-electron chi connectivity index (χ0n) is 29.4. The van der Waals surface area contributed by atoms with Gasteiger partial charge in [-0.15, -0.1) is 11.3 Å². The number of fused-ring (bicyclic) bond motifs is 3. The highest BCUT2D eigenvalue weighted by molar-refractivity contribution is 7.17. The molecule has 5 heterocycles. The van der Waals surface area contributed by atoms with Gasteiger partial charge in [0.1, 0.15) is 17.5 Å². The first-order chi connectivity index (χ1) is 26.5. The maximum absolute atomic E-state index is 14.7. The summed E-state index contributed by atoms with van der Waals surface area (Å²) in [5.74, 6) is -2.91. The van der Waals surface area contributed by atoms with Crippen LogP contribution in [0.25, 0.3) is 10.4 Å². The molecular weight excluding hydrogens is 755 g/mol. The number of rotatable bonds is 7. The van der Waals surface area contributed by atoms with E-state index in [2.05, 4.69) is 20.5 Å². The highest BCUT2D eigenvalue weighted by Gasteiger charge is 2.45. The van der Waals surface area contributed by atoms with Crippen molar-refractivity contribution in [3.63, 3.8) is 0 Å². The van der Waals surface area contributed by atoms with Gasteiger partial charge in [0.2, 0.25) is 5.88 Å². The van der Waals surface area contributed by atoms with Gasteiger partial charge in [-0.2, -0.15) is 4.98 Å². The Morgan fingerprint density at radius 3 is 2.40 bits per heavy atom. The van der Waals surface area contributed by atoms with Crippen molar-refractivity contribution < 1.29 is 37.0 Å². The van der Waals surface area contributed by atoms with Crippen LogP contribution < -0.4 is 25.2 Å². The maximum atomic E-state index is 14.7. The zero-order valence-corrected chi connectivity index (χ0v) is 31.0. The summed E-state index contributed by atoms with van der Waals surface area (Å²) in [5.41, 5.74) is 2.56. The van der Waals surface area contributed by atoms with E-state index in [1.54, 1.807) is 48.5 Å². The van der Waals surface area contributed by atoms with E-state index < -0.39 is 23.4 Å². The summed E-state index contributed by atoms with van der Waals surface area (Å²) in [7, 11) is 1.53. The molecule has 1 spiro atoms. The topological polar surface area (TPSA) is 113 Å². The van der Waals surface area contributed by atoms with Crippen LogP contribution in [-0.4, -0.2) is 62.7 Å². The number of amides is 3. The number of aromatic nitrogens is 1. The van der Waals surface area contributed by atoms with Crippen LogP contribution in [-0.2, 0) is 11.2 Å². The van der Waals surface area contributed by atoms with Crippen LogP contribution >= 0.6 is 22.9 Å². The number of hydrogen-bond donors (Lipinski definition) is 2. The van der Waals surface area contributed by atoms with Crippen molar-refractivity contribution in [2.75, 3.05) is 60.4 Å². The van der Waals surface area contributed by atoms with Crippen molar-refractivity contribution in [2.24, 2.45) is 5.41 Å². The quantitative estimate of drug-likeness (QED) is 0.171. The lowest BCUT2D eigenvalue weighted by molar-refractivity contribution is -0.000540. The second-order valence-electron chi connectivity index (χ2n) is 13.8. The third-order valence-electron chi connectivity index (χ3n) is 10.2. The van der Waals surface area contributed by atoms with Crippen LogP contribution in [0, 0.1) is 22.9 Å². The molecule has 3 aromatic carbocycles. The van der Waals surface area contributed by atoms with E-state index in [0.29, 0.717) is 57.1 Å².